The maximum atomic E-state index is 12.6. The smallest absolute Gasteiger partial charge is 0.255 e. The first-order chi connectivity index (χ1) is 13.0. The zero-order chi connectivity index (χ0) is 19.4. The van der Waals surface area contributed by atoms with Gasteiger partial charge in [0.1, 0.15) is 0 Å². The molecule has 0 unspecified atom stereocenters. The van der Waals surface area contributed by atoms with Crippen molar-refractivity contribution in [1.29, 1.82) is 0 Å². The number of nitrogens with zero attached hydrogens (tertiary/aromatic N) is 2. The van der Waals surface area contributed by atoms with Gasteiger partial charge in [0.15, 0.2) is 0 Å². The summed E-state index contributed by atoms with van der Waals surface area (Å²) in [6.45, 7) is 6.72. The summed E-state index contributed by atoms with van der Waals surface area (Å²) < 4.78 is 0. The molecule has 3 rings (SSSR count). The van der Waals surface area contributed by atoms with Crippen LogP contribution in [0.15, 0.2) is 48.5 Å². The summed E-state index contributed by atoms with van der Waals surface area (Å²) >= 11 is 5.89. The van der Waals surface area contributed by atoms with Gasteiger partial charge in [0.25, 0.3) is 5.91 Å². The van der Waals surface area contributed by atoms with E-state index in [1.807, 2.05) is 43.0 Å². The number of carbonyl (C=O) groups is 2. The zero-order valence-electron chi connectivity index (χ0n) is 15.6. The third-order valence-electron chi connectivity index (χ3n) is 4.68. The number of piperazine rings is 1. The molecule has 1 aliphatic rings. The van der Waals surface area contributed by atoms with Crippen molar-refractivity contribution in [3.8, 4) is 0 Å². The molecule has 2 aromatic carbocycles. The number of hydrogen-bond donors (Lipinski definition) is 1. The van der Waals surface area contributed by atoms with Gasteiger partial charge in [-0.1, -0.05) is 37.6 Å². The second-order valence-electron chi connectivity index (χ2n) is 6.95. The van der Waals surface area contributed by atoms with Crippen molar-refractivity contribution in [1.82, 2.24) is 4.90 Å². The van der Waals surface area contributed by atoms with E-state index in [4.69, 9.17) is 11.6 Å². The van der Waals surface area contributed by atoms with Crippen LogP contribution in [0.2, 0.25) is 5.02 Å². The van der Waals surface area contributed by atoms with E-state index in [9.17, 15) is 9.59 Å². The van der Waals surface area contributed by atoms with Gasteiger partial charge in [-0.15, -0.1) is 0 Å². The van der Waals surface area contributed by atoms with E-state index in [0.29, 0.717) is 23.7 Å². The van der Waals surface area contributed by atoms with Crippen molar-refractivity contribution in [2.24, 2.45) is 5.92 Å². The van der Waals surface area contributed by atoms with Crippen molar-refractivity contribution in [3.05, 3.63) is 59.1 Å². The highest BCUT2D eigenvalue weighted by Crippen LogP contribution is 2.27. The lowest BCUT2D eigenvalue weighted by Gasteiger charge is -2.37. The van der Waals surface area contributed by atoms with E-state index in [-0.39, 0.29) is 17.7 Å². The van der Waals surface area contributed by atoms with Crippen molar-refractivity contribution >= 4 is 34.8 Å². The fraction of sp³-hybridized carbons (Fsp3) is 0.333. The minimum Gasteiger partial charge on any atom is -0.366 e. The molecule has 0 spiro atoms. The van der Waals surface area contributed by atoms with Crippen molar-refractivity contribution in [3.63, 3.8) is 0 Å². The summed E-state index contributed by atoms with van der Waals surface area (Å²) in [4.78, 5) is 28.8. The fourth-order valence-electron chi connectivity index (χ4n) is 3.18. The van der Waals surface area contributed by atoms with Crippen LogP contribution >= 0.6 is 11.6 Å². The quantitative estimate of drug-likeness (QED) is 0.868. The number of benzene rings is 2. The van der Waals surface area contributed by atoms with Crippen LogP contribution in [0, 0.1) is 5.92 Å². The molecule has 1 aliphatic heterocycles. The Morgan fingerprint density at radius 1 is 0.963 bits per heavy atom. The van der Waals surface area contributed by atoms with Gasteiger partial charge in [-0.05, 0) is 36.4 Å². The Balaban J connectivity index is 1.70. The first-order valence-corrected chi connectivity index (χ1v) is 9.53. The largest absolute Gasteiger partial charge is 0.366 e. The van der Waals surface area contributed by atoms with Gasteiger partial charge < -0.3 is 15.1 Å². The Hall–Kier alpha value is -2.53. The molecule has 1 saturated heterocycles. The number of halogens is 1. The van der Waals surface area contributed by atoms with Crippen LogP contribution in [-0.2, 0) is 4.79 Å². The number of rotatable bonds is 4. The molecule has 27 heavy (non-hydrogen) atoms. The highest BCUT2D eigenvalue weighted by atomic mass is 35.5. The van der Waals surface area contributed by atoms with Gasteiger partial charge in [-0.25, -0.2) is 0 Å². The van der Waals surface area contributed by atoms with E-state index in [1.165, 1.54) is 0 Å². The minimum atomic E-state index is -0.173. The average Bonchev–Trinajstić information content (AvgIpc) is 2.68. The highest BCUT2D eigenvalue weighted by molar-refractivity contribution is 6.30. The molecule has 1 heterocycles. The molecule has 2 amide bonds. The number of nitrogens with one attached hydrogen (secondary N) is 1. The molecule has 0 atom stereocenters. The molecule has 2 aromatic rings. The Bertz CT molecular complexity index is 812. The van der Waals surface area contributed by atoms with E-state index in [1.54, 1.807) is 24.3 Å². The van der Waals surface area contributed by atoms with Crippen molar-refractivity contribution < 1.29 is 9.59 Å². The standard InChI is InChI=1S/C21H24ClN3O2/c1-15(2)21(27)25-13-11-24(12-14-25)19-6-4-3-5-18(19)23-20(26)16-7-9-17(22)10-8-16/h3-10,15H,11-14H2,1-2H3,(H,23,26). The Labute approximate surface area is 164 Å². The average molecular weight is 386 g/mol. The number of hydrogen-bond acceptors (Lipinski definition) is 3. The van der Waals surface area contributed by atoms with Crippen LogP contribution in [0.1, 0.15) is 24.2 Å². The minimum absolute atomic E-state index is 0.0162. The molecule has 142 valence electrons. The van der Waals surface area contributed by atoms with E-state index in [2.05, 4.69) is 10.2 Å². The van der Waals surface area contributed by atoms with Gasteiger partial charge >= 0.3 is 0 Å². The molecule has 1 N–H and O–H groups in total. The SMILES string of the molecule is CC(C)C(=O)N1CCN(c2ccccc2NC(=O)c2ccc(Cl)cc2)CC1. The first kappa shape index (κ1) is 19.2. The van der Waals surface area contributed by atoms with Crippen molar-refractivity contribution in [2.45, 2.75) is 13.8 Å². The van der Waals surface area contributed by atoms with Gasteiger partial charge in [0.05, 0.1) is 11.4 Å². The van der Waals surface area contributed by atoms with Crippen LogP contribution in [0.4, 0.5) is 11.4 Å². The summed E-state index contributed by atoms with van der Waals surface area (Å²) in [5.74, 6) is 0.0363. The zero-order valence-corrected chi connectivity index (χ0v) is 16.4. The number of anilines is 2. The van der Waals surface area contributed by atoms with Crippen LogP contribution in [0.5, 0.6) is 0 Å². The first-order valence-electron chi connectivity index (χ1n) is 9.15. The molecule has 0 radical (unpaired) electrons. The third-order valence-corrected chi connectivity index (χ3v) is 4.94. The molecular formula is C21H24ClN3O2. The second kappa shape index (κ2) is 8.44. The lowest BCUT2D eigenvalue weighted by Crippen LogP contribution is -2.50. The van der Waals surface area contributed by atoms with Gasteiger partial charge in [0.2, 0.25) is 5.91 Å². The lowest BCUT2D eigenvalue weighted by atomic mass is 10.1. The summed E-state index contributed by atoms with van der Waals surface area (Å²) in [6, 6.07) is 14.6. The molecule has 0 aliphatic carbocycles. The Morgan fingerprint density at radius 3 is 2.22 bits per heavy atom. The monoisotopic (exact) mass is 385 g/mol. The second-order valence-corrected chi connectivity index (χ2v) is 7.38. The Kier molecular flexibility index (Phi) is 6.01. The predicted octanol–water partition coefficient (Wildman–Crippen LogP) is 3.90. The van der Waals surface area contributed by atoms with Crippen molar-refractivity contribution in [2.75, 3.05) is 36.4 Å². The summed E-state index contributed by atoms with van der Waals surface area (Å²) in [5, 5.41) is 3.59. The third kappa shape index (κ3) is 4.61. The number of carbonyl (C=O) groups excluding carboxylic acids is 2. The van der Waals surface area contributed by atoms with Crippen LogP contribution in [0.3, 0.4) is 0 Å². The van der Waals surface area contributed by atoms with E-state index >= 15 is 0 Å². The highest BCUT2D eigenvalue weighted by Gasteiger charge is 2.24. The molecule has 1 fully saturated rings. The fourth-order valence-corrected chi connectivity index (χ4v) is 3.31. The molecule has 5 nitrogen and oxygen atoms in total. The van der Waals surface area contributed by atoms with Crippen LogP contribution < -0.4 is 10.2 Å². The summed E-state index contributed by atoms with van der Waals surface area (Å²) in [7, 11) is 0. The van der Waals surface area contributed by atoms with Crippen LogP contribution in [-0.4, -0.2) is 42.9 Å². The molecule has 0 saturated carbocycles. The topological polar surface area (TPSA) is 52.7 Å². The van der Waals surface area contributed by atoms with E-state index < -0.39 is 0 Å². The van der Waals surface area contributed by atoms with Gasteiger partial charge in [-0.2, -0.15) is 0 Å². The Morgan fingerprint density at radius 2 is 1.59 bits per heavy atom. The maximum absolute atomic E-state index is 12.6. The molecule has 6 heteroatoms. The normalized spacial score (nSPS) is 14.4. The predicted molar refractivity (Wildman–Crippen MR) is 109 cm³/mol. The molecular weight excluding hydrogens is 362 g/mol. The van der Waals surface area contributed by atoms with Gasteiger partial charge in [-0.3, -0.25) is 9.59 Å². The summed E-state index contributed by atoms with van der Waals surface area (Å²) in [6.07, 6.45) is 0. The molecule has 0 bridgehead atoms. The number of amides is 2. The summed E-state index contributed by atoms with van der Waals surface area (Å²) in [5.41, 5.74) is 2.29. The number of para-hydroxylation sites is 2. The lowest BCUT2D eigenvalue weighted by molar-refractivity contribution is -0.134. The maximum Gasteiger partial charge on any atom is 0.255 e. The molecule has 0 aromatic heterocycles. The van der Waals surface area contributed by atoms with Gasteiger partial charge in [0, 0.05) is 42.7 Å². The van der Waals surface area contributed by atoms with E-state index in [0.717, 1.165) is 24.5 Å². The van der Waals surface area contributed by atoms with Crippen LogP contribution in [0.25, 0.3) is 0 Å².